The minimum absolute atomic E-state index is 0. The Labute approximate surface area is 945 Å². The summed E-state index contributed by atoms with van der Waals surface area (Å²) >= 11 is 0. The van der Waals surface area contributed by atoms with Crippen LogP contribution < -0.4 is 0 Å². The number of hydrogen-bond donors (Lipinski definition) is 0. The molecule has 0 heteroatoms. The van der Waals surface area contributed by atoms with Gasteiger partial charge in [-0.05, 0) is 517 Å². The van der Waals surface area contributed by atoms with Gasteiger partial charge < -0.3 is 0 Å². The van der Waals surface area contributed by atoms with Gasteiger partial charge in [-0.15, -0.1) is 72.2 Å². The molecule has 0 saturated carbocycles. The molecule has 0 aromatic heterocycles. The minimum atomic E-state index is 0. The van der Waals surface area contributed by atoms with E-state index in [0.717, 1.165) is 116 Å². The summed E-state index contributed by atoms with van der Waals surface area (Å²) in [5.74, 6) is 3.11. The van der Waals surface area contributed by atoms with E-state index in [1.807, 2.05) is 66.8 Å². The summed E-state index contributed by atoms with van der Waals surface area (Å²) in [6, 6.07) is 0. The maximum absolute atomic E-state index is 5.07. The van der Waals surface area contributed by atoms with E-state index in [1.54, 1.807) is 17.2 Å². The first-order chi connectivity index (χ1) is 71.4. The molecule has 1 unspecified atom stereocenters. The molecule has 0 aromatic rings. The maximum atomic E-state index is 5.07. The van der Waals surface area contributed by atoms with Gasteiger partial charge in [-0.25, -0.2) is 0 Å². The molecule has 0 saturated heterocycles. The first kappa shape index (κ1) is 161. The normalized spacial score (nSPS) is 12.2. The fraction of sp³-hybridized carbons (Fsp3) is 0.533. The van der Waals surface area contributed by atoms with Crippen molar-refractivity contribution in [1.82, 2.24) is 0 Å². The van der Waals surface area contributed by atoms with E-state index >= 15 is 0 Å². The molecule has 0 aliphatic heterocycles. The average molecular weight is 2060 g/mol. The van der Waals surface area contributed by atoms with Gasteiger partial charge >= 0.3 is 0 Å². The fourth-order valence-electron chi connectivity index (χ4n) is 14.3. The zero-order valence-corrected chi connectivity index (χ0v) is 106. The third kappa shape index (κ3) is 145. The number of hydrogen-bond acceptors (Lipinski definition) is 0. The lowest BCUT2D eigenvalue weighted by atomic mass is 9.92. The van der Waals surface area contributed by atoms with Crippen molar-refractivity contribution in [3.8, 4) is 12.3 Å². The predicted octanol–water partition coefficient (Wildman–Crippen LogP) is 52.9. The molecule has 0 heterocycles. The van der Waals surface area contributed by atoms with E-state index in [0.29, 0.717) is 5.92 Å². The average Bonchev–Trinajstić information content (AvgIpc) is 0.916. The molecule has 0 fully saturated rings. The molecule has 0 aromatic carbocycles. The maximum Gasteiger partial charge on any atom is 0 e. The molecule has 0 nitrogen and oxygen atoms in total. The zero-order chi connectivity index (χ0) is 116. The summed E-state index contributed by atoms with van der Waals surface area (Å²) in [5, 5.41) is 0. The lowest BCUT2D eigenvalue weighted by Gasteiger charge is -2.14. The molecule has 0 bridgehead atoms. The van der Waals surface area contributed by atoms with Gasteiger partial charge in [0.15, 0.2) is 0 Å². The summed E-state index contributed by atoms with van der Waals surface area (Å²) in [7, 11) is 0. The third-order valence-corrected chi connectivity index (χ3v) is 25.1. The van der Waals surface area contributed by atoms with Crippen LogP contribution in [0.25, 0.3) is 0 Å². The van der Waals surface area contributed by atoms with Gasteiger partial charge in [0.1, 0.15) is 0 Å². The van der Waals surface area contributed by atoms with Crippen LogP contribution in [0.1, 0.15) is 527 Å². The van der Waals surface area contributed by atoms with E-state index in [-0.39, 0.29) is 2.85 Å². The molecule has 0 rings (SSSR count). The molecule has 0 N–H and O–H groups in total. The van der Waals surface area contributed by atoms with Gasteiger partial charge in [0, 0.05) is 2.85 Å². The van der Waals surface area contributed by atoms with Crippen LogP contribution in [-0.4, -0.2) is 0 Å². The summed E-state index contributed by atoms with van der Waals surface area (Å²) in [6.45, 7) is 112. The van der Waals surface area contributed by atoms with Crippen molar-refractivity contribution in [2.24, 2.45) is 5.92 Å². The van der Waals surface area contributed by atoms with Crippen LogP contribution in [0.3, 0.4) is 0 Å². The minimum Gasteiger partial charge on any atom is -0.115 e. The van der Waals surface area contributed by atoms with Gasteiger partial charge in [-0.3, -0.25) is 0 Å². The summed E-state index contributed by atoms with van der Waals surface area (Å²) in [6.07, 6.45) is 131. The van der Waals surface area contributed by atoms with Crippen molar-refractivity contribution in [3.05, 3.63) is 406 Å². The molecule has 0 aliphatic rings. The van der Waals surface area contributed by atoms with Crippen LogP contribution in [0, 0.1) is 18.3 Å². The highest BCUT2D eigenvalue weighted by molar-refractivity contribution is 5.20. The smallest absolute Gasteiger partial charge is 0 e. The molecule has 150 heavy (non-hydrogen) atoms. The van der Waals surface area contributed by atoms with Crippen LogP contribution in [-0.2, 0) is 0 Å². The second-order valence-electron chi connectivity index (χ2n) is 42.6. The van der Waals surface area contributed by atoms with Crippen LogP contribution in [0.4, 0.5) is 0 Å². The Morgan fingerprint density at radius 1 is 0.227 bits per heavy atom. The largest absolute Gasteiger partial charge is 0.115 e. The molecule has 0 aliphatic carbocycles. The number of terminal acetylenes is 1. The summed E-state index contributed by atoms with van der Waals surface area (Å²) in [4.78, 5) is 0. The Morgan fingerprint density at radius 2 is 0.487 bits per heavy atom. The van der Waals surface area contributed by atoms with E-state index in [9.17, 15) is 0 Å². The summed E-state index contributed by atoms with van der Waals surface area (Å²) in [5.41, 5.74) is 35.4. The SMILES string of the molecule is C#C/C=C\CC/C(=C\C)CC=C.C=CC/C(=C/C)CC/C=C\C.C=CC/C(=C/C)CCCCCC=C(C)C.C=CC/C(=C/C)CCCCCC=C(C)C.C=CCC(C)/C(C)=C(/C)CCC(C)=C(C)C.C=CCC/C=C(\C)CC/C=C(\C)CCC=C(C)C.C=CCC/C=C(\C)CC=C(C)CCC=C(C)C.C=CCC/C=C(\C)CCC=C(C)C.C=CCC=C(C)CC/C=C(\C)CCC=C(C)C.C=CCC=C(C)CC=C(C)CCC=C(C)C.[HH].[HH]. The second-order valence-corrected chi connectivity index (χ2v) is 42.6. The standard InChI is InChI=1S/C18H30.2C17H28.C16H28.C16H26.2C15H26.C13H22.C12H16.C11H18.2H2/c1-6-7-8-12-17(4)14-10-15-18(5)13-9-11-16(2)3;1-6-7-11-16(4)13-9-14-17(5)12-8-10-15(2)3;1-6-7-8-11-16(4)13-14-17(5)12-9-10-15(2)3;1-8-9-14(5)16(7)15(6)11-10-13(4)12(2)3;1-6-7-10-15(4)12-13-16(5)11-8-9-14(2)3;2*1-5-11-15(6-2)13-10-8-7-9-12-14(3)4;1-5-6-7-10-13(4)11-8-9-12(2)3;1-4-7-8-9-11-12(6-3)10-5-2;1-4-7-8-10-11(6-3)9-5-2;;/h6,11-12,15H,1,7-10,13-14H2,2-5H3;2*6,10-11,14H,1,7-9,12-13H2,2-5H3;8,14H,1,9-11H2,2-7H3;6,9-10,13H,1,7-8,11-12H2,2-5H3;2*5-6,12H,1,7-11,13H2,2-4H3;5,9-10H,1,6-8,11H2,2-4H3;1,5-8H,2,9-11H2,3H3;4-7H,2,8-10H2,1,3H3;2*1H/b17-12+,18-15+;16-11?,17-14+;16-11+,17-14?;16-15-;;2*15-6-;13-10+;8-7-,12-6-;7-4-,11-6-;;. The van der Waals surface area contributed by atoms with Crippen LogP contribution in [0.5, 0.6) is 0 Å². The van der Waals surface area contributed by atoms with Crippen LogP contribution >= 0.6 is 0 Å². The topological polar surface area (TPSA) is 0 Å². The lowest BCUT2D eigenvalue weighted by molar-refractivity contribution is 0.677. The van der Waals surface area contributed by atoms with Crippen molar-refractivity contribution >= 4 is 0 Å². The van der Waals surface area contributed by atoms with Gasteiger partial charge in [0.2, 0.25) is 0 Å². The Kier molecular flexibility index (Phi) is 136. The fourth-order valence-corrected chi connectivity index (χ4v) is 14.3. The van der Waals surface area contributed by atoms with Crippen molar-refractivity contribution in [2.75, 3.05) is 0 Å². The molecule has 852 valence electrons. The van der Waals surface area contributed by atoms with Crippen LogP contribution in [0.15, 0.2) is 406 Å². The van der Waals surface area contributed by atoms with Gasteiger partial charge in [-0.2, -0.15) is 0 Å². The van der Waals surface area contributed by atoms with E-state index in [2.05, 4.69) is 441 Å². The Hall–Kier alpha value is -9.28. The highest BCUT2D eigenvalue weighted by Crippen LogP contribution is 2.26. The third-order valence-electron chi connectivity index (χ3n) is 25.1. The molecular formula is C150H252. The highest BCUT2D eigenvalue weighted by atomic mass is 14.1. The quantitative estimate of drug-likeness (QED) is 0.0323. The van der Waals surface area contributed by atoms with E-state index in [4.69, 9.17) is 6.42 Å². The Balaban J connectivity index is -0.000000143. The molecule has 0 spiro atoms. The Bertz CT molecular complexity index is 4240. The second kappa shape index (κ2) is 127. The van der Waals surface area contributed by atoms with Gasteiger partial charge in [0.05, 0.1) is 0 Å². The molecule has 1 atom stereocenters. The van der Waals surface area contributed by atoms with Crippen molar-refractivity contribution in [3.63, 3.8) is 0 Å². The van der Waals surface area contributed by atoms with Crippen LogP contribution in [0.2, 0.25) is 0 Å². The van der Waals surface area contributed by atoms with Gasteiger partial charge in [-0.1, -0.05) is 360 Å². The van der Waals surface area contributed by atoms with E-state index in [1.165, 1.54) is 296 Å². The highest BCUT2D eigenvalue weighted by Gasteiger charge is 2.07. The Morgan fingerprint density at radius 3 is 0.760 bits per heavy atom. The number of allylic oxidation sites excluding steroid dienone is 58. The van der Waals surface area contributed by atoms with Gasteiger partial charge in [0.25, 0.3) is 0 Å². The number of unbranched alkanes of at least 4 members (excludes halogenated alkanes) is 9. The lowest BCUT2D eigenvalue weighted by Crippen LogP contribution is -1.98. The summed E-state index contributed by atoms with van der Waals surface area (Å²) < 4.78 is 0. The van der Waals surface area contributed by atoms with E-state index < -0.39 is 0 Å². The van der Waals surface area contributed by atoms with Crippen molar-refractivity contribution < 1.29 is 2.85 Å². The number of rotatable bonds is 70. The first-order valence-electron chi connectivity index (χ1n) is 58.4. The predicted molar refractivity (Wildman–Crippen MR) is 713 cm³/mol. The van der Waals surface area contributed by atoms with Crippen molar-refractivity contribution in [2.45, 2.75) is 524 Å². The zero-order valence-electron chi connectivity index (χ0n) is 106. The molecular weight excluding hydrogens is 1800 g/mol. The molecule has 0 radical (unpaired) electrons. The molecule has 0 amide bonds. The monoisotopic (exact) mass is 2050 g/mol. The first-order valence-corrected chi connectivity index (χ1v) is 58.4. The van der Waals surface area contributed by atoms with Crippen molar-refractivity contribution in [1.29, 1.82) is 0 Å².